The summed E-state index contributed by atoms with van der Waals surface area (Å²) >= 11 is 0. The average Bonchev–Trinajstić information content (AvgIpc) is 2.59. The van der Waals surface area contributed by atoms with E-state index in [9.17, 15) is 19.7 Å². The van der Waals surface area contributed by atoms with E-state index >= 15 is 0 Å². The Balaban J connectivity index is 1.74. The zero-order valence-electron chi connectivity index (χ0n) is 13.8. The lowest BCUT2D eigenvalue weighted by Gasteiger charge is -2.30. The van der Waals surface area contributed by atoms with Gasteiger partial charge in [0.25, 0.3) is 5.43 Å². The lowest BCUT2D eigenvalue weighted by molar-refractivity contribution is -0.386. The predicted molar refractivity (Wildman–Crippen MR) is 92.3 cm³/mol. The lowest BCUT2D eigenvalue weighted by atomic mass is 9.81. The first-order valence-electron chi connectivity index (χ1n) is 8.18. The van der Waals surface area contributed by atoms with E-state index in [4.69, 9.17) is 0 Å². The van der Waals surface area contributed by atoms with E-state index in [1.807, 2.05) is 18.2 Å². The normalized spacial score (nSPS) is 19.1. The molecule has 1 aliphatic carbocycles. The summed E-state index contributed by atoms with van der Waals surface area (Å²) in [7, 11) is 0. The highest BCUT2D eigenvalue weighted by Crippen LogP contribution is 2.36. The first-order valence-corrected chi connectivity index (χ1v) is 8.18. The Morgan fingerprint density at radius 2 is 2.00 bits per heavy atom. The summed E-state index contributed by atoms with van der Waals surface area (Å²) in [6.45, 7) is 2.10. The van der Waals surface area contributed by atoms with Crippen molar-refractivity contribution in [2.45, 2.75) is 38.3 Å². The highest BCUT2D eigenvalue weighted by Gasteiger charge is 2.25. The molecular formula is C18H19N3O4. The van der Waals surface area contributed by atoms with Crippen LogP contribution in [0.25, 0.3) is 0 Å². The van der Waals surface area contributed by atoms with Crippen LogP contribution in [0.15, 0.2) is 47.5 Å². The highest BCUT2D eigenvalue weighted by atomic mass is 16.6. The molecule has 1 amide bonds. The minimum atomic E-state index is -0.741. The van der Waals surface area contributed by atoms with Gasteiger partial charge in [0.05, 0.1) is 17.2 Å². The lowest BCUT2D eigenvalue weighted by Crippen LogP contribution is -2.34. The average molecular weight is 341 g/mol. The molecule has 1 aliphatic rings. The van der Waals surface area contributed by atoms with Crippen LogP contribution < -0.4 is 10.7 Å². The van der Waals surface area contributed by atoms with Gasteiger partial charge in [-0.1, -0.05) is 31.2 Å². The number of hydrogen-bond acceptors (Lipinski definition) is 4. The Kier molecular flexibility index (Phi) is 4.65. The molecule has 0 bridgehead atoms. The molecule has 130 valence electrons. The number of pyridine rings is 1. The zero-order chi connectivity index (χ0) is 18.0. The smallest absolute Gasteiger partial charge is 0.332 e. The molecule has 0 saturated carbocycles. The monoisotopic (exact) mass is 341 g/mol. The summed E-state index contributed by atoms with van der Waals surface area (Å²) < 4.78 is 1.35. The van der Waals surface area contributed by atoms with Crippen molar-refractivity contribution in [2.24, 2.45) is 0 Å². The number of carbonyl (C=O) groups is 1. The van der Waals surface area contributed by atoms with Crippen LogP contribution in [-0.2, 0) is 11.3 Å². The van der Waals surface area contributed by atoms with Crippen molar-refractivity contribution in [1.82, 2.24) is 9.88 Å². The number of hydrogen-bond donors (Lipinski definition) is 1. The summed E-state index contributed by atoms with van der Waals surface area (Å²) in [5.41, 5.74) is 1.17. The number of nitrogens with zero attached hydrogens (tertiary/aromatic N) is 2. The van der Waals surface area contributed by atoms with E-state index in [2.05, 4.69) is 18.3 Å². The summed E-state index contributed by atoms with van der Waals surface area (Å²) in [5.74, 6) is 0.221. The fourth-order valence-corrected chi connectivity index (χ4v) is 3.31. The molecule has 0 spiro atoms. The van der Waals surface area contributed by atoms with E-state index in [-0.39, 0.29) is 18.5 Å². The molecule has 0 unspecified atom stereocenters. The van der Waals surface area contributed by atoms with Crippen molar-refractivity contribution in [3.8, 4) is 0 Å². The van der Waals surface area contributed by atoms with Crippen LogP contribution in [0.1, 0.15) is 42.9 Å². The van der Waals surface area contributed by atoms with E-state index in [1.165, 1.54) is 16.3 Å². The van der Waals surface area contributed by atoms with Gasteiger partial charge in [-0.15, -0.1) is 0 Å². The summed E-state index contributed by atoms with van der Waals surface area (Å²) in [6, 6.07) is 9.11. The predicted octanol–water partition coefficient (Wildman–Crippen LogP) is 2.51. The number of nitro groups is 1. The van der Waals surface area contributed by atoms with Crippen LogP contribution in [0.5, 0.6) is 0 Å². The van der Waals surface area contributed by atoms with Gasteiger partial charge >= 0.3 is 5.69 Å². The Bertz CT molecular complexity index is 875. The van der Waals surface area contributed by atoms with E-state index in [0.29, 0.717) is 5.92 Å². The third-order valence-corrected chi connectivity index (χ3v) is 4.61. The van der Waals surface area contributed by atoms with Gasteiger partial charge in [-0.05, 0) is 29.9 Å². The minimum absolute atomic E-state index is 0.0609. The van der Waals surface area contributed by atoms with Crippen molar-refractivity contribution in [1.29, 1.82) is 0 Å². The Labute approximate surface area is 144 Å². The standard InChI is InChI=1S/C18H19N3O4/c1-12-6-7-15(14-5-3-2-4-13(12)14)19-18(23)11-20-9-8-17(22)16(10-20)21(24)25/h2-5,8-10,12,15H,6-7,11H2,1H3,(H,19,23)/t12-,15+/m1/s1. The molecule has 0 radical (unpaired) electrons. The molecule has 0 fully saturated rings. The van der Waals surface area contributed by atoms with Gasteiger partial charge in [0.1, 0.15) is 6.54 Å². The van der Waals surface area contributed by atoms with Gasteiger partial charge in [-0.25, -0.2) is 0 Å². The maximum atomic E-state index is 12.4. The number of amides is 1. The largest absolute Gasteiger partial charge is 0.348 e. The summed E-state index contributed by atoms with van der Waals surface area (Å²) in [4.78, 5) is 33.9. The molecule has 0 aliphatic heterocycles. The number of aromatic nitrogens is 1. The molecule has 1 aromatic carbocycles. The molecule has 7 heteroatoms. The second kappa shape index (κ2) is 6.88. The number of nitrogens with one attached hydrogen (secondary N) is 1. The van der Waals surface area contributed by atoms with Crippen LogP contribution in [0.3, 0.4) is 0 Å². The van der Waals surface area contributed by atoms with Crippen LogP contribution in [0.2, 0.25) is 0 Å². The van der Waals surface area contributed by atoms with Gasteiger partial charge in [0, 0.05) is 12.3 Å². The second-order valence-electron chi connectivity index (χ2n) is 6.35. The van der Waals surface area contributed by atoms with Crippen molar-refractivity contribution >= 4 is 11.6 Å². The van der Waals surface area contributed by atoms with Crippen LogP contribution in [0.4, 0.5) is 5.69 Å². The summed E-state index contributed by atoms with van der Waals surface area (Å²) in [6.07, 6.45) is 4.32. The third-order valence-electron chi connectivity index (χ3n) is 4.61. The Hall–Kier alpha value is -2.96. The van der Waals surface area contributed by atoms with Crippen LogP contribution in [0, 0.1) is 10.1 Å². The van der Waals surface area contributed by atoms with Crippen LogP contribution >= 0.6 is 0 Å². The van der Waals surface area contributed by atoms with Crippen molar-refractivity contribution in [3.63, 3.8) is 0 Å². The zero-order valence-corrected chi connectivity index (χ0v) is 13.8. The SMILES string of the molecule is C[C@@H]1CC[C@H](NC(=O)Cn2ccc(=O)c([N+](=O)[O-])c2)c2ccccc21. The number of fused-ring (bicyclic) bond motifs is 1. The molecule has 7 nitrogen and oxygen atoms in total. The fourth-order valence-electron chi connectivity index (χ4n) is 3.31. The Morgan fingerprint density at radius 1 is 1.28 bits per heavy atom. The van der Waals surface area contributed by atoms with Crippen molar-refractivity contribution in [3.05, 3.63) is 74.2 Å². The molecule has 1 N–H and O–H groups in total. The minimum Gasteiger partial charge on any atom is -0.348 e. The molecule has 3 rings (SSSR count). The molecule has 0 saturated heterocycles. The second-order valence-corrected chi connectivity index (χ2v) is 6.35. The van der Waals surface area contributed by atoms with Gasteiger partial charge in [0.15, 0.2) is 0 Å². The van der Waals surface area contributed by atoms with Gasteiger partial charge < -0.3 is 9.88 Å². The number of rotatable bonds is 4. The van der Waals surface area contributed by atoms with Gasteiger partial charge in [-0.2, -0.15) is 0 Å². The van der Waals surface area contributed by atoms with E-state index in [1.54, 1.807) is 0 Å². The van der Waals surface area contributed by atoms with Crippen molar-refractivity contribution in [2.75, 3.05) is 0 Å². The van der Waals surface area contributed by atoms with Gasteiger partial charge in [-0.3, -0.25) is 19.7 Å². The summed E-state index contributed by atoms with van der Waals surface area (Å²) in [5, 5.41) is 13.8. The van der Waals surface area contributed by atoms with Crippen LogP contribution in [-0.4, -0.2) is 15.4 Å². The Morgan fingerprint density at radius 3 is 2.72 bits per heavy atom. The molecule has 25 heavy (non-hydrogen) atoms. The fraction of sp³-hybridized carbons (Fsp3) is 0.333. The molecule has 1 heterocycles. The molecule has 2 aromatic rings. The highest BCUT2D eigenvalue weighted by molar-refractivity contribution is 5.76. The third kappa shape index (κ3) is 3.60. The van der Waals surface area contributed by atoms with Crippen molar-refractivity contribution < 1.29 is 9.72 Å². The maximum absolute atomic E-state index is 12.4. The first kappa shape index (κ1) is 16.9. The van der Waals surface area contributed by atoms with E-state index < -0.39 is 16.0 Å². The first-order chi connectivity index (χ1) is 12.0. The van der Waals surface area contributed by atoms with E-state index in [0.717, 1.165) is 30.7 Å². The number of carbonyl (C=O) groups excluding carboxylic acids is 1. The van der Waals surface area contributed by atoms with Gasteiger partial charge in [0.2, 0.25) is 5.91 Å². The molecule has 1 aromatic heterocycles. The molecule has 2 atom stereocenters. The quantitative estimate of drug-likeness (QED) is 0.683. The maximum Gasteiger partial charge on any atom is 0.332 e. The molecular weight excluding hydrogens is 322 g/mol. The topological polar surface area (TPSA) is 94.2 Å². The number of benzene rings is 1.